The Bertz CT molecular complexity index is 814. The van der Waals surface area contributed by atoms with Crippen LogP contribution >= 0.6 is 0 Å². The van der Waals surface area contributed by atoms with E-state index in [0.717, 1.165) is 17.0 Å². The molecule has 4 nitrogen and oxygen atoms in total. The summed E-state index contributed by atoms with van der Waals surface area (Å²) in [5.74, 6) is -3.91. The Balaban J connectivity index is 2.09. The first-order chi connectivity index (χ1) is 12.4. The van der Waals surface area contributed by atoms with Crippen LogP contribution in [-0.4, -0.2) is 39.9 Å². The number of amides is 1. The highest BCUT2D eigenvalue weighted by Crippen LogP contribution is 2.36. The van der Waals surface area contributed by atoms with Crippen molar-refractivity contribution in [3.8, 4) is 0 Å². The zero-order chi connectivity index (χ0) is 18.8. The molecule has 0 bridgehead atoms. The third kappa shape index (κ3) is 3.39. The van der Waals surface area contributed by atoms with E-state index < -0.39 is 41.6 Å². The average molecular weight is 365 g/mol. The van der Waals surface area contributed by atoms with Gasteiger partial charge < -0.3 is 15.1 Å². The summed E-state index contributed by atoms with van der Waals surface area (Å²) in [6, 6.07) is 8.03. The number of nitrogens with zero attached hydrogens (tertiary/aromatic N) is 1. The number of rotatable bonds is 4. The predicted molar refractivity (Wildman–Crippen MR) is 88.4 cm³/mol. The van der Waals surface area contributed by atoms with Crippen LogP contribution < -0.4 is 0 Å². The van der Waals surface area contributed by atoms with Crippen molar-refractivity contribution in [2.75, 3.05) is 6.54 Å². The second kappa shape index (κ2) is 7.37. The molecule has 3 rings (SSSR count). The predicted octanol–water partition coefficient (Wildman–Crippen LogP) is 3.74. The number of hydrogen-bond acceptors (Lipinski definition) is 2. The van der Waals surface area contributed by atoms with E-state index >= 15 is 0 Å². The van der Waals surface area contributed by atoms with Crippen molar-refractivity contribution < 1.29 is 28.2 Å². The molecule has 2 unspecified atom stereocenters. The van der Waals surface area contributed by atoms with Gasteiger partial charge in [0.2, 0.25) is 0 Å². The molecule has 7 heteroatoms. The number of halogens is 3. The number of benzene rings is 2. The number of carboxylic acid groups (broad SMARTS) is 1. The van der Waals surface area contributed by atoms with Crippen molar-refractivity contribution in [3.63, 3.8) is 0 Å². The lowest BCUT2D eigenvalue weighted by atomic mass is 9.82. The summed E-state index contributed by atoms with van der Waals surface area (Å²) in [6.07, 6.45) is -1.61. The molecule has 1 aliphatic rings. The van der Waals surface area contributed by atoms with E-state index in [-0.39, 0.29) is 17.7 Å². The minimum absolute atomic E-state index is 0.139. The third-order valence-corrected chi connectivity index (χ3v) is 4.81. The molecule has 1 saturated heterocycles. The topological polar surface area (TPSA) is 60.8 Å². The van der Waals surface area contributed by atoms with Crippen LogP contribution in [0.15, 0.2) is 42.5 Å². The molecule has 1 amide bonds. The Morgan fingerprint density at radius 1 is 1.15 bits per heavy atom. The molecule has 1 aliphatic heterocycles. The molecular formula is C19H18F3NO3. The van der Waals surface area contributed by atoms with Gasteiger partial charge in [0.1, 0.15) is 5.82 Å². The van der Waals surface area contributed by atoms with E-state index in [1.54, 1.807) is 0 Å². The standard InChI is InChI=1S/C19H18F3NO3/c20-12-5-1-4-11(10-12)16(13-6-2-7-14(21)17(13)22)18(24)15-8-3-9-23(15)19(25)26/h1-2,4-7,10,15-16,18,24H,3,8-9H2,(H,25,26)/t15-,16?,18?/m1/s1. The zero-order valence-electron chi connectivity index (χ0n) is 13.8. The van der Waals surface area contributed by atoms with Gasteiger partial charge in [-0.25, -0.2) is 18.0 Å². The molecule has 0 saturated carbocycles. The molecule has 2 aromatic carbocycles. The van der Waals surface area contributed by atoms with Crippen molar-refractivity contribution in [2.24, 2.45) is 0 Å². The van der Waals surface area contributed by atoms with E-state index in [2.05, 4.69) is 0 Å². The van der Waals surface area contributed by atoms with Crippen molar-refractivity contribution in [1.82, 2.24) is 4.90 Å². The molecule has 138 valence electrons. The number of hydrogen-bond donors (Lipinski definition) is 2. The Labute approximate surface area is 148 Å². The first-order valence-electron chi connectivity index (χ1n) is 8.27. The summed E-state index contributed by atoms with van der Waals surface area (Å²) >= 11 is 0. The molecule has 0 aliphatic carbocycles. The van der Waals surface area contributed by atoms with Gasteiger partial charge in [0.25, 0.3) is 0 Å². The summed E-state index contributed by atoms with van der Waals surface area (Å²) in [5, 5.41) is 20.2. The second-order valence-electron chi connectivity index (χ2n) is 6.35. The molecule has 1 heterocycles. The van der Waals surface area contributed by atoms with Gasteiger partial charge in [-0.2, -0.15) is 0 Å². The van der Waals surface area contributed by atoms with Gasteiger partial charge >= 0.3 is 6.09 Å². The number of aliphatic hydroxyl groups is 1. The molecule has 26 heavy (non-hydrogen) atoms. The van der Waals surface area contributed by atoms with Gasteiger partial charge in [-0.15, -0.1) is 0 Å². The summed E-state index contributed by atoms with van der Waals surface area (Å²) < 4.78 is 41.9. The summed E-state index contributed by atoms with van der Waals surface area (Å²) in [4.78, 5) is 12.5. The summed E-state index contributed by atoms with van der Waals surface area (Å²) in [6.45, 7) is 0.249. The van der Waals surface area contributed by atoms with Crippen LogP contribution in [0.3, 0.4) is 0 Å². The molecule has 2 N–H and O–H groups in total. The van der Waals surface area contributed by atoms with Crippen molar-refractivity contribution in [3.05, 3.63) is 71.0 Å². The van der Waals surface area contributed by atoms with Crippen LogP contribution in [0.2, 0.25) is 0 Å². The van der Waals surface area contributed by atoms with Gasteiger partial charge in [0.05, 0.1) is 12.1 Å². The minimum Gasteiger partial charge on any atom is -0.465 e. The van der Waals surface area contributed by atoms with Gasteiger partial charge in [-0.3, -0.25) is 0 Å². The smallest absolute Gasteiger partial charge is 0.407 e. The third-order valence-electron chi connectivity index (χ3n) is 4.81. The van der Waals surface area contributed by atoms with Crippen molar-refractivity contribution >= 4 is 6.09 Å². The lowest BCUT2D eigenvalue weighted by Gasteiger charge is -2.32. The van der Waals surface area contributed by atoms with Crippen LogP contribution in [0.5, 0.6) is 0 Å². The molecule has 1 fully saturated rings. The Kier molecular flexibility index (Phi) is 5.18. The molecular weight excluding hydrogens is 347 g/mol. The Morgan fingerprint density at radius 2 is 1.88 bits per heavy atom. The highest BCUT2D eigenvalue weighted by molar-refractivity contribution is 5.66. The summed E-state index contributed by atoms with van der Waals surface area (Å²) in [5.41, 5.74) is 0.111. The SMILES string of the molecule is O=C(O)N1CCC[C@@H]1C(O)C(c1cccc(F)c1)c1cccc(F)c1F. The van der Waals surface area contributed by atoms with Crippen LogP contribution in [0.1, 0.15) is 29.9 Å². The van der Waals surface area contributed by atoms with Crippen LogP contribution in [0.4, 0.5) is 18.0 Å². The van der Waals surface area contributed by atoms with Gasteiger partial charge in [-0.05, 0) is 36.6 Å². The summed E-state index contributed by atoms with van der Waals surface area (Å²) in [7, 11) is 0. The fraction of sp³-hybridized carbons (Fsp3) is 0.316. The Hall–Kier alpha value is -2.54. The molecule has 0 radical (unpaired) electrons. The lowest BCUT2D eigenvalue weighted by molar-refractivity contribution is 0.0575. The van der Waals surface area contributed by atoms with Crippen molar-refractivity contribution in [1.29, 1.82) is 0 Å². The average Bonchev–Trinajstić information content (AvgIpc) is 3.09. The van der Waals surface area contributed by atoms with E-state index in [0.29, 0.717) is 12.8 Å². The monoisotopic (exact) mass is 365 g/mol. The largest absolute Gasteiger partial charge is 0.465 e. The van der Waals surface area contributed by atoms with E-state index in [1.807, 2.05) is 0 Å². The number of carbonyl (C=O) groups is 1. The molecule has 3 atom stereocenters. The quantitative estimate of drug-likeness (QED) is 0.868. The van der Waals surface area contributed by atoms with Crippen LogP contribution in [-0.2, 0) is 0 Å². The lowest BCUT2D eigenvalue weighted by Crippen LogP contribution is -2.45. The van der Waals surface area contributed by atoms with Crippen LogP contribution in [0.25, 0.3) is 0 Å². The first-order valence-corrected chi connectivity index (χ1v) is 8.27. The number of aliphatic hydroxyl groups excluding tert-OH is 1. The van der Waals surface area contributed by atoms with Gasteiger partial charge in [0.15, 0.2) is 11.6 Å². The molecule has 0 aromatic heterocycles. The maximum Gasteiger partial charge on any atom is 0.407 e. The number of likely N-dealkylation sites (tertiary alicyclic amines) is 1. The molecule has 0 spiro atoms. The maximum atomic E-state index is 14.4. The van der Waals surface area contributed by atoms with Crippen molar-refractivity contribution in [2.45, 2.75) is 30.9 Å². The fourth-order valence-corrected chi connectivity index (χ4v) is 3.63. The first kappa shape index (κ1) is 18.3. The highest BCUT2D eigenvalue weighted by Gasteiger charge is 2.40. The van der Waals surface area contributed by atoms with E-state index in [4.69, 9.17) is 0 Å². The van der Waals surface area contributed by atoms with Gasteiger partial charge in [-0.1, -0.05) is 24.3 Å². The normalized spacial score (nSPS) is 19.4. The minimum atomic E-state index is -1.35. The zero-order valence-corrected chi connectivity index (χ0v) is 13.8. The second-order valence-corrected chi connectivity index (χ2v) is 6.35. The fourth-order valence-electron chi connectivity index (χ4n) is 3.63. The van der Waals surface area contributed by atoms with E-state index in [9.17, 15) is 28.2 Å². The van der Waals surface area contributed by atoms with Gasteiger partial charge in [0, 0.05) is 18.0 Å². The molecule has 2 aromatic rings. The van der Waals surface area contributed by atoms with E-state index in [1.165, 1.54) is 30.3 Å². The van der Waals surface area contributed by atoms with Crippen LogP contribution in [0, 0.1) is 17.5 Å². The Morgan fingerprint density at radius 3 is 2.58 bits per heavy atom. The maximum absolute atomic E-state index is 14.4. The highest BCUT2D eigenvalue weighted by atomic mass is 19.2.